The Kier molecular flexibility index (Phi) is 5.96. The van der Waals surface area contributed by atoms with Gasteiger partial charge in [0, 0.05) is 18.3 Å². The Morgan fingerprint density at radius 3 is 2.52 bits per heavy atom. The molecule has 1 aromatic carbocycles. The van der Waals surface area contributed by atoms with Crippen molar-refractivity contribution in [1.29, 1.82) is 0 Å². The summed E-state index contributed by atoms with van der Waals surface area (Å²) in [7, 11) is 0. The number of ether oxygens (including phenoxy) is 1. The number of rotatable bonds is 7. The van der Waals surface area contributed by atoms with Crippen LogP contribution in [0, 0.1) is 0 Å². The summed E-state index contributed by atoms with van der Waals surface area (Å²) in [5.41, 5.74) is 11.2. The molecule has 0 aliphatic rings. The summed E-state index contributed by atoms with van der Waals surface area (Å²) in [5.74, 6) is -0.993. The standard InChI is InChI=1S/C15H16ClN5O4/c1-2-21-7-11(16)13(19-21)15(23)25-20-14(18)9-3-5-10(6-4-9)24-8-12(17)22/h3-7H,2,8H2,1H3,(H2,17,22)(H2,18,20). The van der Waals surface area contributed by atoms with Crippen molar-refractivity contribution < 1.29 is 19.2 Å². The number of aryl methyl sites for hydroxylation is 1. The predicted molar refractivity (Wildman–Crippen MR) is 90.2 cm³/mol. The number of primary amides is 1. The summed E-state index contributed by atoms with van der Waals surface area (Å²) in [6.45, 7) is 2.18. The van der Waals surface area contributed by atoms with Gasteiger partial charge in [0.15, 0.2) is 18.1 Å². The highest BCUT2D eigenvalue weighted by molar-refractivity contribution is 6.33. The van der Waals surface area contributed by atoms with Crippen LogP contribution in [-0.4, -0.2) is 34.1 Å². The molecular weight excluding hydrogens is 350 g/mol. The van der Waals surface area contributed by atoms with E-state index < -0.39 is 11.9 Å². The smallest absolute Gasteiger partial charge is 0.387 e. The lowest BCUT2D eigenvalue weighted by Crippen LogP contribution is -2.20. The third-order valence-electron chi connectivity index (χ3n) is 2.99. The van der Waals surface area contributed by atoms with Gasteiger partial charge in [-0.3, -0.25) is 9.48 Å². The van der Waals surface area contributed by atoms with Crippen LogP contribution < -0.4 is 16.2 Å². The van der Waals surface area contributed by atoms with Crippen molar-refractivity contribution in [3.8, 4) is 5.75 Å². The topological polar surface area (TPSA) is 135 Å². The second-order valence-electron chi connectivity index (χ2n) is 4.82. The summed E-state index contributed by atoms with van der Waals surface area (Å²) in [4.78, 5) is 27.3. The number of amides is 1. The second kappa shape index (κ2) is 8.15. The van der Waals surface area contributed by atoms with Crippen LogP contribution in [0.3, 0.4) is 0 Å². The van der Waals surface area contributed by atoms with Gasteiger partial charge in [0.25, 0.3) is 5.91 Å². The number of hydrogen-bond acceptors (Lipinski definition) is 6. The number of oxime groups is 1. The highest BCUT2D eigenvalue weighted by atomic mass is 35.5. The minimum Gasteiger partial charge on any atom is -0.484 e. The van der Waals surface area contributed by atoms with Gasteiger partial charge < -0.3 is 21.0 Å². The number of halogens is 1. The van der Waals surface area contributed by atoms with Crippen molar-refractivity contribution in [2.45, 2.75) is 13.5 Å². The SMILES string of the molecule is CCn1cc(Cl)c(C(=O)O/N=C(/N)c2ccc(OCC(N)=O)cc2)n1. The van der Waals surface area contributed by atoms with Gasteiger partial charge in [-0.05, 0) is 31.2 Å². The van der Waals surface area contributed by atoms with Crippen LogP contribution >= 0.6 is 11.6 Å². The molecule has 25 heavy (non-hydrogen) atoms. The molecule has 2 rings (SSSR count). The van der Waals surface area contributed by atoms with Gasteiger partial charge in [-0.1, -0.05) is 16.8 Å². The summed E-state index contributed by atoms with van der Waals surface area (Å²) >= 11 is 5.91. The molecule has 0 aliphatic heterocycles. The number of benzene rings is 1. The Hall–Kier alpha value is -3.07. The van der Waals surface area contributed by atoms with Crippen molar-refractivity contribution in [3.05, 3.63) is 46.7 Å². The highest BCUT2D eigenvalue weighted by Gasteiger charge is 2.17. The molecule has 0 spiro atoms. The molecule has 0 radical (unpaired) electrons. The molecule has 4 N–H and O–H groups in total. The Bertz CT molecular complexity index is 801. The number of nitrogens with two attached hydrogens (primary N) is 2. The van der Waals surface area contributed by atoms with E-state index in [-0.39, 0.29) is 23.2 Å². The molecule has 132 valence electrons. The van der Waals surface area contributed by atoms with Crippen LogP contribution in [0.4, 0.5) is 0 Å². The quantitative estimate of drug-likeness (QED) is 0.324. The number of nitrogens with zero attached hydrogens (tertiary/aromatic N) is 3. The lowest BCUT2D eigenvalue weighted by molar-refractivity contribution is -0.119. The molecule has 0 bridgehead atoms. The fourth-order valence-corrected chi connectivity index (χ4v) is 1.99. The largest absolute Gasteiger partial charge is 0.484 e. The van der Waals surface area contributed by atoms with Crippen molar-refractivity contribution in [3.63, 3.8) is 0 Å². The molecule has 0 saturated heterocycles. The molecule has 1 amide bonds. The number of hydrogen-bond donors (Lipinski definition) is 2. The molecule has 0 unspecified atom stereocenters. The Morgan fingerprint density at radius 1 is 1.28 bits per heavy atom. The molecule has 0 aliphatic carbocycles. The van der Waals surface area contributed by atoms with E-state index in [2.05, 4.69) is 10.3 Å². The van der Waals surface area contributed by atoms with Gasteiger partial charge in [0.05, 0.1) is 5.02 Å². The molecule has 1 heterocycles. The van der Waals surface area contributed by atoms with E-state index in [0.29, 0.717) is 17.9 Å². The third kappa shape index (κ3) is 4.95. The molecule has 0 atom stereocenters. The van der Waals surface area contributed by atoms with Gasteiger partial charge in [0.1, 0.15) is 5.75 Å². The zero-order valence-corrected chi connectivity index (χ0v) is 14.1. The molecule has 9 nitrogen and oxygen atoms in total. The Labute approximate surface area is 148 Å². The van der Waals surface area contributed by atoms with Gasteiger partial charge in [-0.15, -0.1) is 0 Å². The third-order valence-corrected chi connectivity index (χ3v) is 3.27. The predicted octanol–water partition coefficient (Wildman–Crippen LogP) is 0.898. The van der Waals surface area contributed by atoms with Crippen molar-refractivity contribution in [2.75, 3.05) is 6.61 Å². The van der Waals surface area contributed by atoms with E-state index in [1.165, 1.54) is 10.9 Å². The van der Waals surface area contributed by atoms with Gasteiger partial charge in [0.2, 0.25) is 0 Å². The van der Waals surface area contributed by atoms with Crippen LogP contribution in [0.25, 0.3) is 0 Å². The normalized spacial score (nSPS) is 11.2. The van der Waals surface area contributed by atoms with Crippen LogP contribution in [0.2, 0.25) is 5.02 Å². The Balaban J connectivity index is 2.01. The van der Waals surface area contributed by atoms with Crippen molar-refractivity contribution >= 4 is 29.3 Å². The van der Waals surface area contributed by atoms with Crippen LogP contribution in [0.5, 0.6) is 5.75 Å². The zero-order chi connectivity index (χ0) is 18.4. The fraction of sp³-hybridized carbons (Fsp3) is 0.200. The van der Waals surface area contributed by atoms with Crippen LogP contribution in [0.15, 0.2) is 35.6 Å². The molecule has 1 aromatic heterocycles. The fourth-order valence-electron chi connectivity index (χ4n) is 1.76. The Morgan fingerprint density at radius 2 is 1.96 bits per heavy atom. The first kappa shape index (κ1) is 18.3. The summed E-state index contributed by atoms with van der Waals surface area (Å²) in [5, 5.41) is 7.71. The second-order valence-corrected chi connectivity index (χ2v) is 5.22. The molecule has 2 aromatic rings. The van der Waals surface area contributed by atoms with E-state index in [1.54, 1.807) is 24.3 Å². The lowest BCUT2D eigenvalue weighted by Gasteiger charge is -2.05. The zero-order valence-electron chi connectivity index (χ0n) is 13.3. The average molecular weight is 366 g/mol. The van der Waals surface area contributed by atoms with Gasteiger partial charge in [-0.25, -0.2) is 4.79 Å². The lowest BCUT2D eigenvalue weighted by atomic mass is 10.2. The number of amidine groups is 1. The first-order valence-electron chi connectivity index (χ1n) is 7.20. The monoisotopic (exact) mass is 365 g/mol. The summed E-state index contributed by atoms with van der Waals surface area (Å²) in [6, 6.07) is 6.31. The van der Waals surface area contributed by atoms with E-state index in [1.807, 2.05) is 6.92 Å². The maximum absolute atomic E-state index is 11.9. The van der Waals surface area contributed by atoms with Crippen LogP contribution in [0.1, 0.15) is 23.0 Å². The highest BCUT2D eigenvalue weighted by Crippen LogP contribution is 2.15. The van der Waals surface area contributed by atoms with Gasteiger partial charge in [-0.2, -0.15) is 5.10 Å². The molecular formula is C15H16ClN5O4. The number of carbonyl (C=O) groups is 2. The van der Waals surface area contributed by atoms with E-state index >= 15 is 0 Å². The minimum atomic E-state index is -0.818. The minimum absolute atomic E-state index is 0.0270. The molecule has 0 saturated carbocycles. The summed E-state index contributed by atoms with van der Waals surface area (Å²) in [6.07, 6.45) is 1.51. The first-order valence-corrected chi connectivity index (χ1v) is 7.57. The van der Waals surface area contributed by atoms with Gasteiger partial charge >= 0.3 is 5.97 Å². The number of aromatic nitrogens is 2. The van der Waals surface area contributed by atoms with Crippen molar-refractivity contribution in [1.82, 2.24) is 9.78 Å². The van der Waals surface area contributed by atoms with Crippen LogP contribution in [-0.2, 0) is 16.2 Å². The maximum atomic E-state index is 11.9. The van der Waals surface area contributed by atoms with E-state index in [0.717, 1.165) is 0 Å². The molecule has 0 fully saturated rings. The van der Waals surface area contributed by atoms with Crippen molar-refractivity contribution in [2.24, 2.45) is 16.6 Å². The van der Waals surface area contributed by atoms with E-state index in [9.17, 15) is 9.59 Å². The number of carbonyl (C=O) groups excluding carboxylic acids is 2. The first-order chi connectivity index (χ1) is 11.9. The average Bonchev–Trinajstić information content (AvgIpc) is 2.99. The summed E-state index contributed by atoms with van der Waals surface area (Å²) < 4.78 is 6.62. The molecule has 10 heteroatoms. The van der Waals surface area contributed by atoms with E-state index in [4.69, 9.17) is 32.6 Å². The maximum Gasteiger partial charge on any atom is 0.387 e.